The van der Waals surface area contributed by atoms with Crippen LogP contribution in [0.5, 0.6) is 5.75 Å². The second-order valence-corrected chi connectivity index (χ2v) is 6.14. The van der Waals surface area contributed by atoms with Crippen molar-refractivity contribution in [1.82, 2.24) is 15.5 Å². The molecule has 2 heterocycles. The first-order valence-electron chi connectivity index (χ1n) is 7.39. The minimum atomic E-state index is -0.922. The van der Waals surface area contributed by atoms with Crippen molar-refractivity contribution in [2.45, 2.75) is 18.4 Å². The number of carbonyl (C=O) groups is 3. The van der Waals surface area contributed by atoms with Crippen LogP contribution in [-0.2, 0) is 9.59 Å². The van der Waals surface area contributed by atoms with Crippen LogP contribution in [0.1, 0.15) is 12.8 Å². The van der Waals surface area contributed by atoms with Crippen molar-refractivity contribution in [3.8, 4) is 5.75 Å². The molecular weight excluding hydrogens is 341 g/mol. The number of nitrogens with one attached hydrogen (secondary N) is 2. The average molecular weight is 356 g/mol. The number of piperidine rings is 1. The Hall–Kier alpha value is -2.35. The average Bonchev–Trinajstić information content (AvgIpc) is 2.80. The van der Waals surface area contributed by atoms with Crippen LogP contribution >= 0.6 is 11.6 Å². The van der Waals surface area contributed by atoms with E-state index in [0.29, 0.717) is 25.9 Å². The van der Waals surface area contributed by atoms with Gasteiger partial charge in [0.2, 0.25) is 0 Å². The maximum absolute atomic E-state index is 13.0. The number of carbonyl (C=O) groups excluding carboxylic acids is 3. The van der Waals surface area contributed by atoms with Crippen molar-refractivity contribution in [3.05, 3.63) is 29.0 Å². The molecule has 1 aromatic rings. The molecule has 2 fully saturated rings. The molecule has 7 nitrogen and oxygen atoms in total. The van der Waals surface area contributed by atoms with Gasteiger partial charge in [0.1, 0.15) is 17.1 Å². The molecule has 24 heavy (non-hydrogen) atoms. The van der Waals surface area contributed by atoms with Gasteiger partial charge >= 0.3 is 6.03 Å². The molecule has 0 saturated carbocycles. The molecule has 2 aliphatic heterocycles. The van der Waals surface area contributed by atoms with Crippen molar-refractivity contribution < 1.29 is 23.5 Å². The monoisotopic (exact) mass is 355 g/mol. The molecule has 0 aliphatic carbocycles. The molecule has 0 aromatic heterocycles. The van der Waals surface area contributed by atoms with Crippen LogP contribution in [0, 0.1) is 5.82 Å². The second-order valence-electron chi connectivity index (χ2n) is 5.73. The second kappa shape index (κ2) is 6.27. The zero-order valence-corrected chi connectivity index (χ0v) is 13.4. The topological polar surface area (TPSA) is 87.7 Å². The highest BCUT2D eigenvalue weighted by molar-refractivity contribution is 6.32. The molecular formula is C15H15ClFN3O4. The first kappa shape index (κ1) is 16.5. The standard InChI is InChI=1S/C15H15ClFN3O4/c16-10-7-9(17)1-2-11(10)24-8-12(21)20-5-3-15(4-6-20)13(22)18-14(23)19-15/h1-2,7H,3-6,8H2,(H2,18,19,22,23). The van der Waals surface area contributed by atoms with Gasteiger partial charge in [-0.3, -0.25) is 14.9 Å². The first-order valence-corrected chi connectivity index (χ1v) is 7.77. The molecule has 0 radical (unpaired) electrons. The predicted octanol–water partition coefficient (Wildman–Crippen LogP) is 1.06. The van der Waals surface area contributed by atoms with Gasteiger partial charge in [0.15, 0.2) is 6.61 Å². The van der Waals surface area contributed by atoms with Gasteiger partial charge in [-0.1, -0.05) is 11.6 Å². The molecule has 1 spiro atoms. The van der Waals surface area contributed by atoms with E-state index in [9.17, 15) is 18.8 Å². The van der Waals surface area contributed by atoms with E-state index in [1.54, 1.807) is 4.90 Å². The molecule has 0 atom stereocenters. The lowest BCUT2D eigenvalue weighted by Gasteiger charge is -2.36. The Morgan fingerprint density at radius 1 is 1.33 bits per heavy atom. The fourth-order valence-corrected chi connectivity index (χ4v) is 3.06. The highest BCUT2D eigenvalue weighted by Gasteiger charge is 2.48. The number of benzene rings is 1. The number of hydrogen-bond donors (Lipinski definition) is 2. The van der Waals surface area contributed by atoms with E-state index in [1.807, 2.05) is 0 Å². The van der Waals surface area contributed by atoms with Crippen LogP contribution in [0.25, 0.3) is 0 Å². The number of rotatable bonds is 3. The Morgan fingerprint density at radius 3 is 2.62 bits per heavy atom. The third-order valence-electron chi connectivity index (χ3n) is 4.23. The zero-order chi connectivity index (χ0) is 17.3. The number of amides is 4. The van der Waals surface area contributed by atoms with E-state index in [1.165, 1.54) is 12.1 Å². The maximum Gasteiger partial charge on any atom is 0.322 e. The van der Waals surface area contributed by atoms with E-state index in [2.05, 4.69) is 10.6 Å². The summed E-state index contributed by atoms with van der Waals surface area (Å²) >= 11 is 5.84. The molecule has 0 bridgehead atoms. The lowest BCUT2D eigenvalue weighted by Crippen LogP contribution is -2.56. The Bertz CT molecular complexity index is 704. The normalized spacial score (nSPS) is 19.2. The van der Waals surface area contributed by atoms with Crippen molar-refractivity contribution in [2.24, 2.45) is 0 Å². The molecule has 2 aliphatic rings. The van der Waals surface area contributed by atoms with E-state index < -0.39 is 17.4 Å². The number of imide groups is 1. The van der Waals surface area contributed by atoms with Gasteiger partial charge in [-0.15, -0.1) is 0 Å². The van der Waals surface area contributed by atoms with Gasteiger partial charge in [-0.25, -0.2) is 9.18 Å². The molecule has 1 aromatic carbocycles. The maximum atomic E-state index is 13.0. The van der Waals surface area contributed by atoms with Crippen molar-refractivity contribution >= 4 is 29.4 Å². The van der Waals surface area contributed by atoms with Crippen molar-refractivity contribution in [2.75, 3.05) is 19.7 Å². The fraction of sp³-hybridized carbons (Fsp3) is 0.400. The number of hydrogen-bond acceptors (Lipinski definition) is 4. The predicted molar refractivity (Wildman–Crippen MR) is 82.1 cm³/mol. The van der Waals surface area contributed by atoms with Gasteiger partial charge in [0.05, 0.1) is 5.02 Å². The summed E-state index contributed by atoms with van der Waals surface area (Å²) in [6.45, 7) is 0.414. The van der Waals surface area contributed by atoms with E-state index in [4.69, 9.17) is 16.3 Å². The quantitative estimate of drug-likeness (QED) is 0.794. The summed E-state index contributed by atoms with van der Waals surface area (Å²) in [7, 11) is 0. The summed E-state index contributed by atoms with van der Waals surface area (Å²) in [5, 5.41) is 4.93. The smallest absolute Gasteiger partial charge is 0.322 e. The number of nitrogens with zero attached hydrogens (tertiary/aromatic N) is 1. The van der Waals surface area contributed by atoms with Crippen LogP contribution in [0.2, 0.25) is 5.02 Å². The Labute approximate surface area is 142 Å². The van der Waals surface area contributed by atoms with Gasteiger partial charge in [0, 0.05) is 13.1 Å². The van der Waals surface area contributed by atoms with Gasteiger partial charge in [-0.2, -0.15) is 0 Å². The summed E-state index contributed by atoms with van der Waals surface area (Å²) in [4.78, 5) is 36.9. The van der Waals surface area contributed by atoms with Crippen LogP contribution in [0.3, 0.4) is 0 Å². The lowest BCUT2D eigenvalue weighted by molar-refractivity contribution is -0.137. The molecule has 2 saturated heterocycles. The van der Waals surface area contributed by atoms with Gasteiger partial charge in [-0.05, 0) is 31.0 Å². The largest absolute Gasteiger partial charge is 0.482 e. The Kier molecular flexibility index (Phi) is 4.31. The van der Waals surface area contributed by atoms with E-state index >= 15 is 0 Å². The number of ether oxygens (including phenoxy) is 1. The van der Waals surface area contributed by atoms with Gasteiger partial charge in [0.25, 0.3) is 11.8 Å². The fourth-order valence-electron chi connectivity index (χ4n) is 2.84. The minimum absolute atomic E-state index is 0.0886. The molecule has 2 N–H and O–H groups in total. The molecule has 4 amide bonds. The van der Waals surface area contributed by atoms with Crippen molar-refractivity contribution in [1.29, 1.82) is 0 Å². The van der Waals surface area contributed by atoms with Gasteiger partial charge < -0.3 is 15.0 Å². The number of urea groups is 1. The molecule has 0 unspecified atom stereocenters. The lowest BCUT2D eigenvalue weighted by atomic mass is 9.88. The zero-order valence-electron chi connectivity index (χ0n) is 12.6. The third kappa shape index (κ3) is 3.14. The summed E-state index contributed by atoms with van der Waals surface area (Å²) in [6.07, 6.45) is 0.682. The SMILES string of the molecule is O=C1NC(=O)C2(CCN(C(=O)COc3ccc(F)cc3Cl)CC2)N1. The van der Waals surface area contributed by atoms with E-state index in [0.717, 1.165) is 6.07 Å². The van der Waals surface area contributed by atoms with Crippen molar-refractivity contribution in [3.63, 3.8) is 0 Å². The van der Waals surface area contributed by atoms with Crippen LogP contribution in [-0.4, -0.2) is 48.0 Å². The van der Waals surface area contributed by atoms with Crippen LogP contribution in [0.4, 0.5) is 9.18 Å². The Balaban J connectivity index is 1.54. The molecule has 128 valence electrons. The third-order valence-corrected chi connectivity index (χ3v) is 4.52. The minimum Gasteiger partial charge on any atom is -0.482 e. The van der Waals surface area contributed by atoms with Crippen LogP contribution in [0.15, 0.2) is 18.2 Å². The summed E-state index contributed by atoms with van der Waals surface area (Å²) < 4.78 is 18.3. The number of likely N-dealkylation sites (tertiary alicyclic amines) is 1. The summed E-state index contributed by atoms with van der Waals surface area (Å²) in [6, 6.07) is 3.15. The van der Waals surface area contributed by atoms with E-state index in [-0.39, 0.29) is 29.2 Å². The highest BCUT2D eigenvalue weighted by atomic mass is 35.5. The first-order chi connectivity index (χ1) is 11.4. The summed E-state index contributed by atoms with van der Waals surface area (Å²) in [5.74, 6) is -0.886. The molecule has 3 rings (SSSR count). The Morgan fingerprint density at radius 2 is 2.04 bits per heavy atom. The molecule has 9 heteroatoms. The number of halogens is 2. The summed E-state index contributed by atoms with van der Waals surface area (Å²) in [5.41, 5.74) is -0.922. The van der Waals surface area contributed by atoms with Crippen LogP contribution < -0.4 is 15.4 Å². The highest BCUT2D eigenvalue weighted by Crippen LogP contribution is 2.27.